The Hall–Kier alpha value is -1.72. The zero-order valence-electron chi connectivity index (χ0n) is 11.0. The minimum Gasteiger partial charge on any atom is -0.481 e. The zero-order chi connectivity index (χ0) is 14.8. The molecule has 0 aromatic heterocycles. The lowest BCUT2D eigenvalue weighted by atomic mass is 10.2. The largest absolute Gasteiger partial charge is 0.481 e. The third-order valence-corrected chi connectivity index (χ3v) is 3.19. The van der Waals surface area contributed by atoms with Gasteiger partial charge in [-0.1, -0.05) is 0 Å². The van der Waals surface area contributed by atoms with Gasteiger partial charge < -0.3 is 9.47 Å². The molecule has 0 unspecified atom stereocenters. The summed E-state index contributed by atoms with van der Waals surface area (Å²) in [5, 5.41) is 0. The first-order valence-corrected chi connectivity index (χ1v) is 6.42. The van der Waals surface area contributed by atoms with E-state index < -0.39 is 35.6 Å². The van der Waals surface area contributed by atoms with Crippen LogP contribution in [0, 0.1) is 11.6 Å². The molecule has 3 nitrogen and oxygen atoms in total. The van der Waals surface area contributed by atoms with Crippen molar-refractivity contribution >= 4 is 5.97 Å². The van der Waals surface area contributed by atoms with Gasteiger partial charge in [-0.2, -0.15) is 0 Å². The van der Waals surface area contributed by atoms with Crippen molar-refractivity contribution in [2.45, 2.75) is 31.8 Å². The molecular weight excluding hydrogens is 273 g/mol. The molecule has 1 saturated carbocycles. The molecule has 1 aromatic carbocycles. The highest BCUT2D eigenvalue weighted by molar-refractivity contribution is 5.89. The summed E-state index contributed by atoms with van der Waals surface area (Å²) in [6, 6.07) is 1.73. The number of esters is 1. The number of rotatable bonds is 6. The molecule has 1 aromatic rings. The minimum absolute atomic E-state index is 0.103. The summed E-state index contributed by atoms with van der Waals surface area (Å²) in [7, 11) is 0. The molecule has 1 fully saturated rings. The van der Waals surface area contributed by atoms with Crippen LogP contribution in [0.4, 0.5) is 13.2 Å². The molecule has 0 spiro atoms. The number of carbonyl (C=O) groups is 1. The Morgan fingerprint density at radius 3 is 2.35 bits per heavy atom. The molecule has 0 atom stereocenters. The molecular formula is C14H15F3O3. The molecule has 2 rings (SSSR count). The lowest BCUT2D eigenvalue weighted by Crippen LogP contribution is -2.20. The molecule has 0 N–H and O–H groups in total. The van der Waals surface area contributed by atoms with E-state index in [9.17, 15) is 18.0 Å². The second-order valence-corrected chi connectivity index (χ2v) is 4.71. The molecule has 0 radical (unpaired) electrons. The summed E-state index contributed by atoms with van der Waals surface area (Å²) < 4.78 is 50.0. The maximum Gasteiger partial charge on any atom is 0.338 e. The van der Waals surface area contributed by atoms with Crippen molar-refractivity contribution in [1.29, 1.82) is 0 Å². The van der Waals surface area contributed by atoms with Gasteiger partial charge in [-0.25, -0.2) is 13.6 Å². The van der Waals surface area contributed by atoms with Crippen LogP contribution in [-0.2, 0) is 4.74 Å². The predicted octanol–water partition coefficient (Wildman–Crippen LogP) is 3.41. The number of alkyl halides is 1. The monoisotopic (exact) mass is 288 g/mol. The average molecular weight is 288 g/mol. The van der Waals surface area contributed by atoms with Crippen LogP contribution in [0.25, 0.3) is 0 Å². The second kappa shape index (κ2) is 5.73. The molecule has 0 amide bonds. The van der Waals surface area contributed by atoms with Gasteiger partial charge in [-0.15, -0.1) is 0 Å². The van der Waals surface area contributed by atoms with Crippen LogP contribution in [0.5, 0.6) is 5.75 Å². The highest BCUT2D eigenvalue weighted by atomic mass is 19.1. The van der Waals surface area contributed by atoms with E-state index >= 15 is 0 Å². The van der Waals surface area contributed by atoms with Crippen LogP contribution in [0.2, 0.25) is 0 Å². The molecule has 1 aliphatic rings. The van der Waals surface area contributed by atoms with Gasteiger partial charge in [-0.05, 0) is 31.9 Å². The first-order valence-electron chi connectivity index (χ1n) is 6.42. The maximum absolute atomic E-state index is 13.8. The van der Waals surface area contributed by atoms with Crippen LogP contribution in [-0.4, -0.2) is 24.9 Å². The number of halogens is 3. The summed E-state index contributed by atoms with van der Waals surface area (Å²) in [6.07, 6.45) is 1.23. The molecule has 0 heterocycles. The Balaban J connectivity index is 2.21. The van der Waals surface area contributed by atoms with E-state index in [0.29, 0.717) is 12.8 Å². The van der Waals surface area contributed by atoms with Gasteiger partial charge in [-0.3, -0.25) is 4.39 Å². The predicted molar refractivity (Wildman–Crippen MR) is 65.5 cm³/mol. The number of hydrogen-bond acceptors (Lipinski definition) is 3. The molecule has 20 heavy (non-hydrogen) atoms. The Morgan fingerprint density at radius 2 is 1.90 bits per heavy atom. The summed E-state index contributed by atoms with van der Waals surface area (Å²) >= 11 is 0. The Bertz CT molecular complexity index is 489. The SMILES string of the molecule is CCOC(=O)c1cc(F)c(OC2(CCF)CC2)c(F)c1. The van der Waals surface area contributed by atoms with Crippen LogP contribution >= 0.6 is 0 Å². The van der Waals surface area contributed by atoms with Gasteiger partial charge in [0.25, 0.3) is 0 Å². The van der Waals surface area contributed by atoms with Crippen molar-refractivity contribution < 1.29 is 27.4 Å². The summed E-state index contributed by atoms with van der Waals surface area (Å²) in [4.78, 5) is 11.4. The maximum atomic E-state index is 13.8. The third-order valence-electron chi connectivity index (χ3n) is 3.19. The average Bonchev–Trinajstić information content (AvgIpc) is 3.14. The topological polar surface area (TPSA) is 35.5 Å². The van der Waals surface area contributed by atoms with Gasteiger partial charge in [0.1, 0.15) is 5.60 Å². The van der Waals surface area contributed by atoms with E-state index in [1.54, 1.807) is 6.92 Å². The quantitative estimate of drug-likeness (QED) is 0.752. The number of carbonyl (C=O) groups excluding carboxylic acids is 1. The van der Waals surface area contributed by atoms with E-state index in [1.807, 2.05) is 0 Å². The van der Waals surface area contributed by atoms with E-state index in [0.717, 1.165) is 12.1 Å². The third kappa shape index (κ3) is 3.05. The van der Waals surface area contributed by atoms with Gasteiger partial charge in [0.2, 0.25) is 0 Å². The van der Waals surface area contributed by atoms with Crippen molar-refractivity contribution in [2.24, 2.45) is 0 Å². The summed E-state index contributed by atoms with van der Waals surface area (Å²) in [5.41, 5.74) is -1.02. The Morgan fingerprint density at radius 1 is 1.30 bits per heavy atom. The van der Waals surface area contributed by atoms with Crippen LogP contribution in [0.3, 0.4) is 0 Å². The van der Waals surface area contributed by atoms with E-state index in [4.69, 9.17) is 4.74 Å². The van der Waals surface area contributed by atoms with Gasteiger partial charge in [0, 0.05) is 6.42 Å². The van der Waals surface area contributed by atoms with Crippen molar-refractivity contribution in [3.05, 3.63) is 29.3 Å². The smallest absolute Gasteiger partial charge is 0.338 e. The van der Waals surface area contributed by atoms with E-state index in [-0.39, 0.29) is 18.6 Å². The number of hydrogen-bond donors (Lipinski definition) is 0. The normalized spacial score (nSPS) is 15.8. The fraction of sp³-hybridized carbons (Fsp3) is 0.500. The Kier molecular flexibility index (Phi) is 4.20. The number of benzene rings is 1. The minimum atomic E-state index is -0.988. The lowest BCUT2D eigenvalue weighted by Gasteiger charge is -2.18. The molecule has 6 heteroatoms. The van der Waals surface area contributed by atoms with Crippen molar-refractivity contribution in [3.63, 3.8) is 0 Å². The highest BCUT2D eigenvalue weighted by Crippen LogP contribution is 2.44. The summed E-state index contributed by atoms with van der Waals surface area (Å²) in [5.74, 6) is -3.35. The first kappa shape index (κ1) is 14.7. The highest BCUT2D eigenvalue weighted by Gasteiger charge is 2.46. The lowest BCUT2D eigenvalue weighted by molar-refractivity contribution is 0.0525. The van der Waals surface area contributed by atoms with Crippen molar-refractivity contribution in [1.82, 2.24) is 0 Å². The fourth-order valence-electron chi connectivity index (χ4n) is 1.92. The first-order chi connectivity index (χ1) is 9.51. The van der Waals surface area contributed by atoms with Crippen LogP contribution < -0.4 is 4.74 Å². The number of ether oxygens (including phenoxy) is 2. The summed E-state index contributed by atoms with van der Waals surface area (Å²) in [6.45, 7) is 1.10. The second-order valence-electron chi connectivity index (χ2n) is 4.71. The van der Waals surface area contributed by atoms with Gasteiger partial charge in [0.15, 0.2) is 17.4 Å². The van der Waals surface area contributed by atoms with Crippen molar-refractivity contribution in [2.75, 3.05) is 13.3 Å². The van der Waals surface area contributed by atoms with Gasteiger partial charge in [0.05, 0.1) is 18.8 Å². The zero-order valence-corrected chi connectivity index (χ0v) is 11.0. The standard InChI is InChI=1S/C14H15F3O3/c1-2-19-13(18)9-7-10(16)12(11(17)8-9)20-14(3-4-14)5-6-15/h7-8H,2-6H2,1H3. The van der Waals surface area contributed by atoms with E-state index in [1.165, 1.54) is 0 Å². The molecule has 0 aliphatic heterocycles. The molecule has 1 aliphatic carbocycles. The van der Waals surface area contributed by atoms with E-state index in [2.05, 4.69) is 4.74 Å². The molecule has 0 bridgehead atoms. The van der Waals surface area contributed by atoms with Gasteiger partial charge >= 0.3 is 5.97 Å². The Labute approximate surface area is 114 Å². The molecule has 0 saturated heterocycles. The van der Waals surface area contributed by atoms with Crippen LogP contribution in [0.1, 0.15) is 36.5 Å². The van der Waals surface area contributed by atoms with Crippen molar-refractivity contribution in [3.8, 4) is 5.75 Å². The van der Waals surface area contributed by atoms with Crippen LogP contribution in [0.15, 0.2) is 12.1 Å². The fourth-order valence-corrected chi connectivity index (χ4v) is 1.92. The molecule has 110 valence electrons.